The summed E-state index contributed by atoms with van der Waals surface area (Å²) < 4.78 is 13.9. The van der Waals surface area contributed by atoms with Crippen LogP contribution < -0.4 is 0 Å². The first-order valence-electron chi connectivity index (χ1n) is 7.53. The van der Waals surface area contributed by atoms with E-state index in [1.54, 1.807) is 12.1 Å². The van der Waals surface area contributed by atoms with Crippen molar-refractivity contribution in [2.75, 3.05) is 26.2 Å². The molecule has 112 valence electrons. The third-order valence-electron chi connectivity index (χ3n) is 4.51. The Kier molecular flexibility index (Phi) is 5.00. The molecule has 20 heavy (non-hydrogen) atoms. The quantitative estimate of drug-likeness (QED) is 0.898. The topological polar surface area (TPSA) is 26.7 Å². The standard InChI is InChI=1S/C16H25FN2O/c1-4-18(5-2)13-8-9-19(11-13)12(3)15-7-6-14(20)10-16(15)17/h6-7,10,12-13,20H,4-5,8-9,11H2,1-3H3. The number of aromatic hydroxyl groups is 1. The second kappa shape index (κ2) is 6.55. The third-order valence-corrected chi connectivity index (χ3v) is 4.51. The Bertz CT molecular complexity index is 448. The van der Waals surface area contributed by atoms with E-state index in [0.717, 1.165) is 32.6 Å². The van der Waals surface area contributed by atoms with E-state index in [1.807, 2.05) is 6.92 Å². The molecule has 0 aromatic heterocycles. The second-order valence-electron chi connectivity index (χ2n) is 5.54. The zero-order valence-electron chi connectivity index (χ0n) is 12.6. The third kappa shape index (κ3) is 3.13. The maximum absolute atomic E-state index is 13.9. The highest BCUT2D eigenvalue weighted by Gasteiger charge is 2.30. The molecular formula is C16H25FN2O. The largest absolute Gasteiger partial charge is 0.508 e. The van der Waals surface area contributed by atoms with Crippen LogP contribution in [0.3, 0.4) is 0 Å². The van der Waals surface area contributed by atoms with Crippen LogP contribution in [0.5, 0.6) is 5.75 Å². The van der Waals surface area contributed by atoms with Crippen LogP contribution in [-0.4, -0.2) is 47.1 Å². The van der Waals surface area contributed by atoms with Gasteiger partial charge in [0.1, 0.15) is 11.6 Å². The van der Waals surface area contributed by atoms with E-state index in [9.17, 15) is 9.50 Å². The van der Waals surface area contributed by atoms with Gasteiger partial charge in [0.25, 0.3) is 0 Å². The number of phenolic OH excluding ortho intramolecular Hbond substituents is 1. The lowest BCUT2D eigenvalue weighted by molar-refractivity contribution is 0.192. The lowest BCUT2D eigenvalue weighted by Gasteiger charge is -2.28. The van der Waals surface area contributed by atoms with Gasteiger partial charge in [-0.3, -0.25) is 9.80 Å². The molecule has 0 spiro atoms. The molecule has 4 heteroatoms. The van der Waals surface area contributed by atoms with Crippen molar-refractivity contribution in [2.24, 2.45) is 0 Å². The number of likely N-dealkylation sites (N-methyl/N-ethyl adjacent to an activating group) is 1. The average Bonchev–Trinajstić information content (AvgIpc) is 2.89. The molecule has 0 aliphatic carbocycles. The van der Waals surface area contributed by atoms with Gasteiger partial charge in [0.2, 0.25) is 0 Å². The Hall–Kier alpha value is -1.13. The minimum Gasteiger partial charge on any atom is -0.508 e. The van der Waals surface area contributed by atoms with E-state index in [2.05, 4.69) is 23.6 Å². The Morgan fingerprint density at radius 2 is 2.10 bits per heavy atom. The van der Waals surface area contributed by atoms with Crippen molar-refractivity contribution < 1.29 is 9.50 Å². The van der Waals surface area contributed by atoms with Gasteiger partial charge in [0.05, 0.1) is 0 Å². The number of rotatable bonds is 5. The van der Waals surface area contributed by atoms with Crippen molar-refractivity contribution in [2.45, 2.75) is 39.3 Å². The van der Waals surface area contributed by atoms with Crippen molar-refractivity contribution in [1.29, 1.82) is 0 Å². The molecule has 2 atom stereocenters. The molecule has 1 aliphatic heterocycles. The van der Waals surface area contributed by atoms with Crippen molar-refractivity contribution in [3.63, 3.8) is 0 Å². The van der Waals surface area contributed by atoms with E-state index < -0.39 is 0 Å². The van der Waals surface area contributed by atoms with E-state index >= 15 is 0 Å². The maximum Gasteiger partial charge on any atom is 0.131 e. The number of halogens is 1. The van der Waals surface area contributed by atoms with Gasteiger partial charge in [-0.2, -0.15) is 0 Å². The molecule has 1 fully saturated rings. The highest BCUT2D eigenvalue weighted by molar-refractivity contribution is 5.29. The molecule has 3 nitrogen and oxygen atoms in total. The van der Waals surface area contributed by atoms with E-state index in [-0.39, 0.29) is 17.6 Å². The average molecular weight is 280 g/mol. The van der Waals surface area contributed by atoms with Crippen LogP contribution in [0.15, 0.2) is 18.2 Å². The highest BCUT2D eigenvalue weighted by Crippen LogP contribution is 2.29. The van der Waals surface area contributed by atoms with Crippen molar-refractivity contribution in [1.82, 2.24) is 9.80 Å². The number of nitrogens with zero attached hydrogens (tertiary/aromatic N) is 2. The molecular weight excluding hydrogens is 255 g/mol. The predicted molar refractivity (Wildman–Crippen MR) is 79.4 cm³/mol. The number of benzene rings is 1. The molecule has 1 aromatic carbocycles. The van der Waals surface area contributed by atoms with Crippen LogP contribution in [0, 0.1) is 5.82 Å². The fourth-order valence-corrected chi connectivity index (χ4v) is 3.21. The van der Waals surface area contributed by atoms with Gasteiger partial charge < -0.3 is 5.11 Å². The molecule has 1 N–H and O–H groups in total. The molecule has 1 saturated heterocycles. The van der Waals surface area contributed by atoms with Crippen LogP contribution >= 0.6 is 0 Å². The van der Waals surface area contributed by atoms with Gasteiger partial charge >= 0.3 is 0 Å². The van der Waals surface area contributed by atoms with Crippen molar-refractivity contribution >= 4 is 0 Å². The van der Waals surface area contributed by atoms with Gasteiger partial charge in [0, 0.05) is 36.8 Å². The first-order chi connectivity index (χ1) is 9.56. The first-order valence-corrected chi connectivity index (χ1v) is 7.53. The second-order valence-corrected chi connectivity index (χ2v) is 5.54. The minimum absolute atomic E-state index is 0.0131. The number of likely N-dealkylation sites (tertiary alicyclic amines) is 1. The Balaban J connectivity index is 2.05. The normalized spacial score (nSPS) is 21.6. The minimum atomic E-state index is -0.316. The molecule has 1 aromatic rings. The summed E-state index contributed by atoms with van der Waals surface area (Å²) in [6.45, 7) is 10.5. The molecule has 0 bridgehead atoms. The fraction of sp³-hybridized carbons (Fsp3) is 0.625. The molecule has 2 unspecified atom stereocenters. The summed E-state index contributed by atoms with van der Waals surface area (Å²) in [6, 6.07) is 5.08. The summed E-state index contributed by atoms with van der Waals surface area (Å²) in [5.41, 5.74) is 0.669. The van der Waals surface area contributed by atoms with Crippen LogP contribution in [0.2, 0.25) is 0 Å². The zero-order chi connectivity index (χ0) is 14.7. The summed E-state index contributed by atoms with van der Waals surface area (Å²) in [5.74, 6) is -0.329. The van der Waals surface area contributed by atoms with Gasteiger partial charge in [-0.15, -0.1) is 0 Å². The molecule has 0 radical (unpaired) electrons. The van der Waals surface area contributed by atoms with Gasteiger partial charge in [0.15, 0.2) is 0 Å². The Morgan fingerprint density at radius 1 is 1.40 bits per heavy atom. The van der Waals surface area contributed by atoms with Crippen LogP contribution in [0.4, 0.5) is 4.39 Å². The summed E-state index contributed by atoms with van der Waals surface area (Å²) in [6.07, 6.45) is 1.14. The molecule has 1 heterocycles. The van der Waals surface area contributed by atoms with Crippen molar-refractivity contribution in [3.8, 4) is 5.75 Å². The van der Waals surface area contributed by atoms with Gasteiger partial charge in [-0.05, 0) is 32.5 Å². The summed E-state index contributed by atoms with van der Waals surface area (Å²) in [7, 11) is 0. The number of hydrogen-bond donors (Lipinski definition) is 1. The van der Waals surface area contributed by atoms with Gasteiger partial charge in [-0.1, -0.05) is 19.9 Å². The summed E-state index contributed by atoms with van der Waals surface area (Å²) in [4.78, 5) is 4.80. The molecule has 1 aliphatic rings. The number of phenols is 1. The first kappa shape index (κ1) is 15.3. The van der Waals surface area contributed by atoms with Crippen molar-refractivity contribution in [3.05, 3.63) is 29.6 Å². The molecule has 0 amide bonds. The SMILES string of the molecule is CCN(CC)C1CCN(C(C)c2ccc(O)cc2F)C1. The van der Waals surface area contributed by atoms with E-state index in [0.29, 0.717) is 11.6 Å². The predicted octanol–water partition coefficient (Wildman–Crippen LogP) is 3.01. The maximum atomic E-state index is 13.9. The lowest BCUT2D eigenvalue weighted by atomic mass is 10.1. The van der Waals surface area contributed by atoms with Crippen LogP contribution in [-0.2, 0) is 0 Å². The smallest absolute Gasteiger partial charge is 0.131 e. The lowest BCUT2D eigenvalue weighted by Crippen LogP contribution is -2.37. The summed E-state index contributed by atoms with van der Waals surface area (Å²) in [5, 5.41) is 9.30. The highest BCUT2D eigenvalue weighted by atomic mass is 19.1. The summed E-state index contributed by atoms with van der Waals surface area (Å²) >= 11 is 0. The number of hydrogen-bond acceptors (Lipinski definition) is 3. The van der Waals surface area contributed by atoms with Gasteiger partial charge in [-0.25, -0.2) is 4.39 Å². The molecule has 0 saturated carbocycles. The van der Waals surface area contributed by atoms with E-state index in [1.165, 1.54) is 6.07 Å². The zero-order valence-corrected chi connectivity index (χ0v) is 12.6. The van der Waals surface area contributed by atoms with Crippen LogP contribution in [0.1, 0.15) is 38.8 Å². The monoisotopic (exact) mass is 280 g/mol. The van der Waals surface area contributed by atoms with Crippen LogP contribution in [0.25, 0.3) is 0 Å². The Morgan fingerprint density at radius 3 is 2.70 bits per heavy atom. The fourth-order valence-electron chi connectivity index (χ4n) is 3.21. The van der Waals surface area contributed by atoms with E-state index in [4.69, 9.17) is 0 Å². The Labute approximate surface area is 121 Å². The molecule has 2 rings (SSSR count).